The molecular formula is C15H13ClO2S. The van der Waals surface area contributed by atoms with E-state index in [1.165, 1.54) is 0 Å². The highest BCUT2D eigenvalue weighted by molar-refractivity contribution is 7.99. The van der Waals surface area contributed by atoms with E-state index in [0.29, 0.717) is 5.02 Å². The highest BCUT2D eigenvalue weighted by Crippen LogP contribution is 2.32. The smallest absolute Gasteiger partial charge is 0.307 e. The Labute approximate surface area is 121 Å². The summed E-state index contributed by atoms with van der Waals surface area (Å²) in [4.78, 5) is 12.9. The molecule has 4 heteroatoms. The molecule has 0 radical (unpaired) electrons. The van der Waals surface area contributed by atoms with E-state index in [-0.39, 0.29) is 6.42 Å². The number of halogens is 1. The van der Waals surface area contributed by atoms with Gasteiger partial charge in [-0.25, -0.2) is 0 Å². The second-order valence-corrected chi connectivity index (χ2v) is 5.79. The highest BCUT2D eigenvalue weighted by atomic mass is 35.5. The van der Waals surface area contributed by atoms with Gasteiger partial charge in [-0.15, -0.1) is 0 Å². The van der Waals surface area contributed by atoms with E-state index < -0.39 is 5.97 Å². The van der Waals surface area contributed by atoms with E-state index in [9.17, 15) is 4.79 Å². The average molecular weight is 293 g/mol. The monoisotopic (exact) mass is 292 g/mol. The Morgan fingerprint density at radius 2 is 1.89 bits per heavy atom. The molecule has 0 fully saturated rings. The van der Waals surface area contributed by atoms with Crippen LogP contribution in [0.3, 0.4) is 0 Å². The van der Waals surface area contributed by atoms with Gasteiger partial charge in [0.05, 0.1) is 6.42 Å². The van der Waals surface area contributed by atoms with Crippen molar-refractivity contribution in [1.29, 1.82) is 0 Å². The summed E-state index contributed by atoms with van der Waals surface area (Å²) in [7, 11) is 0. The van der Waals surface area contributed by atoms with Gasteiger partial charge in [0, 0.05) is 14.8 Å². The summed E-state index contributed by atoms with van der Waals surface area (Å²) in [5.74, 6) is -0.816. The zero-order chi connectivity index (χ0) is 13.8. The molecule has 2 aromatic carbocycles. The van der Waals surface area contributed by atoms with Gasteiger partial charge in [-0.1, -0.05) is 41.1 Å². The van der Waals surface area contributed by atoms with Gasteiger partial charge in [-0.3, -0.25) is 4.79 Å². The summed E-state index contributed by atoms with van der Waals surface area (Å²) in [6, 6.07) is 13.4. The fraction of sp³-hybridized carbons (Fsp3) is 0.133. The lowest BCUT2D eigenvalue weighted by Crippen LogP contribution is -2.01. The van der Waals surface area contributed by atoms with Crippen LogP contribution in [0.15, 0.2) is 52.3 Å². The number of hydrogen-bond acceptors (Lipinski definition) is 2. The lowest BCUT2D eigenvalue weighted by molar-refractivity contribution is -0.136. The maximum atomic E-state index is 10.9. The number of benzene rings is 2. The Hall–Kier alpha value is -1.45. The maximum absolute atomic E-state index is 10.9. The molecule has 0 saturated carbocycles. The Kier molecular flexibility index (Phi) is 4.51. The average Bonchev–Trinajstić information content (AvgIpc) is 2.34. The lowest BCUT2D eigenvalue weighted by atomic mass is 10.1. The second kappa shape index (κ2) is 6.13. The first-order valence-electron chi connectivity index (χ1n) is 5.79. The summed E-state index contributed by atoms with van der Waals surface area (Å²) in [6.07, 6.45) is 0.0393. The summed E-state index contributed by atoms with van der Waals surface area (Å²) < 4.78 is 0. The third kappa shape index (κ3) is 4.01. The van der Waals surface area contributed by atoms with E-state index in [0.717, 1.165) is 20.9 Å². The Morgan fingerprint density at radius 1 is 1.21 bits per heavy atom. The van der Waals surface area contributed by atoms with E-state index in [2.05, 4.69) is 0 Å². The predicted molar refractivity (Wildman–Crippen MR) is 78.1 cm³/mol. The largest absolute Gasteiger partial charge is 0.481 e. The predicted octanol–water partition coefficient (Wildman–Crippen LogP) is 4.43. The summed E-state index contributed by atoms with van der Waals surface area (Å²) in [5.41, 5.74) is 1.91. The number of carboxylic acid groups (broad SMARTS) is 1. The van der Waals surface area contributed by atoms with Crippen LogP contribution in [-0.2, 0) is 11.2 Å². The molecule has 0 atom stereocenters. The molecule has 0 unspecified atom stereocenters. The van der Waals surface area contributed by atoms with Crippen molar-refractivity contribution < 1.29 is 9.90 Å². The molecular weight excluding hydrogens is 280 g/mol. The number of rotatable bonds is 4. The van der Waals surface area contributed by atoms with Gasteiger partial charge in [0.25, 0.3) is 0 Å². The molecule has 98 valence electrons. The van der Waals surface area contributed by atoms with Gasteiger partial charge in [-0.05, 0) is 42.8 Å². The molecule has 0 aromatic heterocycles. The van der Waals surface area contributed by atoms with E-state index in [1.54, 1.807) is 11.8 Å². The van der Waals surface area contributed by atoms with Crippen LogP contribution in [0.2, 0.25) is 5.02 Å². The van der Waals surface area contributed by atoms with Crippen molar-refractivity contribution >= 4 is 29.3 Å². The highest BCUT2D eigenvalue weighted by Gasteiger charge is 2.08. The Balaban J connectivity index is 2.28. The normalized spacial score (nSPS) is 10.4. The SMILES string of the molecule is Cc1ccc(Sc2ccc(Cl)cc2)c(CC(=O)O)c1. The molecule has 0 bridgehead atoms. The van der Waals surface area contributed by atoms with Gasteiger partial charge < -0.3 is 5.11 Å². The molecule has 2 nitrogen and oxygen atoms in total. The molecule has 0 spiro atoms. The maximum Gasteiger partial charge on any atom is 0.307 e. The van der Waals surface area contributed by atoms with E-state index in [1.807, 2.05) is 49.4 Å². The first-order valence-corrected chi connectivity index (χ1v) is 6.99. The number of carboxylic acids is 1. The molecule has 0 aliphatic rings. The molecule has 0 aliphatic heterocycles. The van der Waals surface area contributed by atoms with Gasteiger partial charge in [-0.2, -0.15) is 0 Å². The minimum absolute atomic E-state index is 0.0393. The van der Waals surface area contributed by atoms with Gasteiger partial charge >= 0.3 is 5.97 Å². The first-order chi connectivity index (χ1) is 9.04. The van der Waals surface area contributed by atoms with Crippen molar-refractivity contribution in [3.05, 3.63) is 58.6 Å². The van der Waals surface area contributed by atoms with Crippen LogP contribution in [0.5, 0.6) is 0 Å². The molecule has 0 heterocycles. The van der Waals surface area contributed by atoms with Crippen molar-refractivity contribution in [2.24, 2.45) is 0 Å². The summed E-state index contributed by atoms with van der Waals surface area (Å²) in [5, 5.41) is 9.65. The third-order valence-corrected chi connectivity index (χ3v) is 3.98. The quantitative estimate of drug-likeness (QED) is 0.906. The molecule has 2 rings (SSSR count). The van der Waals surface area contributed by atoms with Crippen LogP contribution >= 0.6 is 23.4 Å². The number of carbonyl (C=O) groups is 1. The number of aryl methyl sites for hydroxylation is 1. The lowest BCUT2D eigenvalue weighted by Gasteiger charge is -2.08. The number of aliphatic carboxylic acids is 1. The van der Waals surface area contributed by atoms with Crippen LogP contribution < -0.4 is 0 Å². The minimum atomic E-state index is -0.816. The Morgan fingerprint density at radius 3 is 2.53 bits per heavy atom. The van der Waals surface area contributed by atoms with Gasteiger partial charge in [0.15, 0.2) is 0 Å². The second-order valence-electron chi connectivity index (χ2n) is 4.24. The minimum Gasteiger partial charge on any atom is -0.481 e. The molecule has 0 saturated heterocycles. The van der Waals surface area contributed by atoms with Crippen molar-refractivity contribution in [3.8, 4) is 0 Å². The van der Waals surface area contributed by atoms with E-state index in [4.69, 9.17) is 16.7 Å². The fourth-order valence-electron chi connectivity index (χ4n) is 1.74. The topological polar surface area (TPSA) is 37.3 Å². The van der Waals surface area contributed by atoms with Crippen molar-refractivity contribution in [3.63, 3.8) is 0 Å². The molecule has 0 amide bonds. The van der Waals surface area contributed by atoms with Crippen molar-refractivity contribution in [1.82, 2.24) is 0 Å². The van der Waals surface area contributed by atoms with Crippen LogP contribution in [0, 0.1) is 6.92 Å². The molecule has 0 aliphatic carbocycles. The van der Waals surface area contributed by atoms with Crippen LogP contribution in [0.4, 0.5) is 0 Å². The fourth-order valence-corrected chi connectivity index (χ4v) is 2.79. The number of hydrogen-bond donors (Lipinski definition) is 1. The molecule has 1 N–H and O–H groups in total. The standard InChI is InChI=1S/C15H13ClO2S/c1-10-2-7-14(11(8-10)9-15(17)18)19-13-5-3-12(16)4-6-13/h2-8H,9H2,1H3,(H,17,18). The van der Waals surface area contributed by atoms with Crippen molar-refractivity contribution in [2.75, 3.05) is 0 Å². The molecule has 19 heavy (non-hydrogen) atoms. The zero-order valence-corrected chi connectivity index (χ0v) is 12.0. The van der Waals surface area contributed by atoms with E-state index >= 15 is 0 Å². The van der Waals surface area contributed by atoms with Crippen LogP contribution in [0.1, 0.15) is 11.1 Å². The molecule has 2 aromatic rings. The third-order valence-electron chi connectivity index (χ3n) is 2.60. The van der Waals surface area contributed by atoms with Gasteiger partial charge in [0.2, 0.25) is 0 Å². The van der Waals surface area contributed by atoms with Crippen LogP contribution in [-0.4, -0.2) is 11.1 Å². The van der Waals surface area contributed by atoms with Crippen molar-refractivity contribution in [2.45, 2.75) is 23.1 Å². The summed E-state index contributed by atoms with van der Waals surface area (Å²) in [6.45, 7) is 1.96. The first kappa shape index (κ1) is 14.0. The zero-order valence-electron chi connectivity index (χ0n) is 10.4. The Bertz CT molecular complexity index is 594. The van der Waals surface area contributed by atoms with Crippen LogP contribution in [0.25, 0.3) is 0 Å². The summed E-state index contributed by atoms with van der Waals surface area (Å²) >= 11 is 7.40. The van der Waals surface area contributed by atoms with Gasteiger partial charge in [0.1, 0.15) is 0 Å².